The van der Waals surface area contributed by atoms with Crippen molar-refractivity contribution >= 4 is 27.0 Å². The number of hydrogen-bond donors (Lipinski definition) is 1. The second-order valence-electron chi connectivity index (χ2n) is 4.69. The first kappa shape index (κ1) is 15.8. The molecule has 2 rings (SSSR count). The molecule has 0 aliphatic heterocycles. The van der Waals surface area contributed by atoms with E-state index in [1.165, 1.54) is 17.4 Å². The van der Waals surface area contributed by atoms with Crippen molar-refractivity contribution in [1.82, 2.24) is 4.31 Å². The molecule has 1 aromatic heterocycles. The molecule has 2 aromatic rings. The second kappa shape index (κ2) is 6.46. The van der Waals surface area contributed by atoms with Crippen LogP contribution in [-0.4, -0.2) is 32.9 Å². The van der Waals surface area contributed by atoms with Crippen molar-refractivity contribution in [2.24, 2.45) is 0 Å². The van der Waals surface area contributed by atoms with Crippen LogP contribution in [0.2, 0.25) is 0 Å². The molecular formula is C14H18N2O3S2. The predicted molar refractivity (Wildman–Crippen MR) is 85.2 cm³/mol. The first-order valence-electron chi connectivity index (χ1n) is 6.39. The Hall–Kier alpha value is -1.57. The summed E-state index contributed by atoms with van der Waals surface area (Å²) in [4.78, 5) is 0. The number of nitrogens with zero attached hydrogens (tertiary/aromatic N) is 1. The Balaban J connectivity index is 1.92. The standard InChI is InChI=1S/C14H18N2O3S2/c1-11-3-5-13(6-4-11)19-8-7-16(2)21(17,18)14-9-12(15)10-20-14/h3-6,9-10H,7-8,15H2,1-2H3. The van der Waals surface area contributed by atoms with Gasteiger partial charge in [0.25, 0.3) is 10.0 Å². The lowest BCUT2D eigenvalue weighted by Crippen LogP contribution is -2.30. The third-order valence-corrected chi connectivity index (χ3v) is 6.25. The van der Waals surface area contributed by atoms with E-state index in [9.17, 15) is 8.42 Å². The summed E-state index contributed by atoms with van der Waals surface area (Å²) < 4.78 is 31.6. The number of anilines is 1. The van der Waals surface area contributed by atoms with Gasteiger partial charge in [0, 0.05) is 24.7 Å². The molecule has 1 aromatic carbocycles. The zero-order valence-electron chi connectivity index (χ0n) is 11.9. The summed E-state index contributed by atoms with van der Waals surface area (Å²) in [5.41, 5.74) is 7.18. The minimum atomic E-state index is -3.49. The van der Waals surface area contributed by atoms with E-state index < -0.39 is 10.0 Å². The highest BCUT2D eigenvalue weighted by Gasteiger charge is 2.22. The minimum absolute atomic E-state index is 0.248. The summed E-state index contributed by atoms with van der Waals surface area (Å²) in [7, 11) is -1.96. The van der Waals surface area contributed by atoms with Gasteiger partial charge in [0.1, 0.15) is 16.6 Å². The highest BCUT2D eigenvalue weighted by Crippen LogP contribution is 2.24. The SMILES string of the molecule is Cc1ccc(OCCN(C)S(=O)(=O)c2cc(N)cs2)cc1. The van der Waals surface area contributed by atoms with Crippen LogP contribution >= 0.6 is 11.3 Å². The van der Waals surface area contributed by atoms with Gasteiger partial charge in [-0.05, 0) is 25.1 Å². The average molecular weight is 326 g/mol. The molecule has 7 heteroatoms. The first-order valence-corrected chi connectivity index (χ1v) is 8.71. The van der Waals surface area contributed by atoms with Crippen LogP contribution in [0.3, 0.4) is 0 Å². The Bertz CT molecular complexity index is 693. The highest BCUT2D eigenvalue weighted by atomic mass is 32.2. The third-order valence-electron chi connectivity index (χ3n) is 2.96. The van der Waals surface area contributed by atoms with Gasteiger partial charge < -0.3 is 10.5 Å². The molecule has 0 unspecified atom stereocenters. The molecular weight excluding hydrogens is 308 g/mol. The molecule has 21 heavy (non-hydrogen) atoms. The largest absolute Gasteiger partial charge is 0.492 e. The maximum atomic E-state index is 12.3. The Labute approximate surface area is 129 Å². The van der Waals surface area contributed by atoms with Gasteiger partial charge in [0.05, 0.1) is 0 Å². The average Bonchev–Trinajstić information content (AvgIpc) is 2.88. The zero-order chi connectivity index (χ0) is 15.5. The quantitative estimate of drug-likeness (QED) is 0.884. The number of benzene rings is 1. The number of sulfonamides is 1. The van der Waals surface area contributed by atoms with Crippen LogP contribution in [0.4, 0.5) is 5.69 Å². The molecule has 1 heterocycles. The maximum absolute atomic E-state index is 12.3. The molecule has 0 bridgehead atoms. The van der Waals surface area contributed by atoms with E-state index in [2.05, 4.69) is 0 Å². The summed E-state index contributed by atoms with van der Waals surface area (Å²) in [6.07, 6.45) is 0. The Kier molecular flexibility index (Phi) is 4.87. The molecule has 114 valence electrons. The van der Waals surface area contributed by atoms with Gasteiger partial charge in [-0.1, -0.05) is 17.7 Å². The second-order valence-corrected chi connectivity index (χ2v) is 7.87. The lowest BCUT2D eigenvalue weighted by molar-refractivity contribution is 0.287. The molecule has 0 atom stereocenters. The number of nitrogens with two attached hydrogens (primary N) is 1. The number of nitrogen functional groups attached to an aromatic ring is 1. The van der Waals surface area contributed by atoms with Crippen LogP contribution in [0.15, 0.2) is 39.9 Å². The van der Waals surface area contributed by atoms with Crippen LogP contribution in [0.5, 0.6) is 5.75 Å². The van der Waals surface area contributed by atoms with Crippen LogP contribution in [-0.2, 0) is 10.0 Å². The van der Waals surface area contributed by atoms with E-state index in [0.29, 0.717) is 12.3 Å². The molecule has 2 N–H and O–H groups in total. The lowest BCUT2D eigenvalue weighted by atomic mass is 10.2. The maximum Gasteiger partial charge on any atom is 0.252 e. The van der Waals surface area contributed by atoms with Crippen molar-refractivity contribution in [3.05, 3.63) is 41.3 Å². The van der Waals surface area contributed by atoms with Gasteiger partial charge in [-0.15, -0.1) is 11.3 Å². The van der Waals surface area contributed by atoms with Gasteiger partial charge in [-0.2, -0.15) is 4.31 Å². The van der Waals surface area contributed by atoms with E-state index in [4.69, 9.17) is 10.5 Å². The fraction of sp³-hybridized carbons (Fsp3) is 0.286. The zero-order valence-corrected chi connectivity index (χ0v) is 13.6. The highest BCUT2D eigenvalue weighted by molar-refractivity contribution is 7.91. The van der Waals surface area contributed by atoms with Gasteiger partial charge in [-0.3, -0.25) is 0 Å². The predicted octanol–water partition coefficient (Wildman–Crippen LogP) is 2.34. The number of thiophene rings is 1. The monoisotopic (exact) mass is 326 g/mol. The Morgan fingerprint density at radius 2 is 1.95 bits per heavy atom. The number of rotatable bonds is 6. The molecule has 0 spiro atoms. The van der Waals surface area contributed by atoms with Gasteiger partial charge in [0.2, 0.25) is 0 Å². The van der Waals surface area contributed by atoms with E-state index in [1.807, 2.05) is 31.2 Å². The topological polar surface area (TPSA) is 72.6 Å². The molecule has 0 aliphatic carbocycles. The normalized spacial score (nSPS) is 11.8. The Morgan fingerprint density at radius 1 is 1.29 bits per heavy atom. The fourth-order valence-electron chi connectivity index (χ4n) is 1.67. The molecule has 0 saturated carbocycles. The van der Waals surface area contributed by atoms with Crippen molar-refractivity contribution < 1.29 is 13.2 Å². The molecule has 0 fully saturated rings. The molecule has 0 amide bonds. The van der Waals surface area contributed by atoms with Crippen LogP contribution in [0.1, 0.15) is 5.56 Å². The van der Waals surface area contributed by atoms with Gasteiger partial charge in [0.15, 0.2) is 0 Å². The molecule has 0 radical (unpaired) electrons. The van der Waals surface area contributed by atoms with Crippen LogP contribution < -0.4 is 10.5 Å². The number of likely N-dealkylation sites (N-methyl/N-ethyl adjacent to an activating group) is 1. The van der Waals surface area contributed by atoms with E-state index in [-0.39, 0.29) is 10.8 Å². The molecule has 0 saturated heterocycles. The summed E-state index contributed by atoms with van der Waals surface area (Å²) >= 11 is 1.12. The van der Waals surface area contributed by atoms with Crippen molar-refractivity contribution in [1.29, 1.82) is 0 Å². The molecule has 0 aliphatic rings. The van der Waals surface area contributed by atoms with Crippen molar-refractivity contribution in [2.45, 2.75) is 11.1 Å². The molecule has 5 nitrogen and oxygen atoms in total. The summed E-state index contributed by atoms with van der Waals surface area (Å²) in [5.74, 6) is 0.728. The lowest BCUT2D eigenvalue weighted by Gasteiger charge is -2.16. The summed E-state index contributed by atoms with van der Waals surface area (Å²) in [6, 6.07) is 9.10. The summed E-state index contributed by atoms with van der Waals surface area (Å²) in [6.45, 7) is 2.56. The van der Waals surface area contributed by atoms with Crippen molar-refractivity contribution in [3.63, 3.8) is 0 Å². The first-order chi connectivity index (χ1) is 9.89. The van der Waals surface area contributed by atoms with Crippen LogP contribution in [0.25, 0.3) is 0 Å². The fourth-order valence-corrected chi connectivity index (χ4v) is 4.11. The van der Waals surface area contributed by atoms with Crippen molar-refractivity contribution in [2.75, 3.05) is 25.9 Å². The summed E-state index contributed by atoms with van der Waals surface area (Å²) in [5, 5.41) is 1.61. The third kappa shape index (κ3) is 3.96. The van der Waals surface area contributed by atoms with Crippen molar-refractivity contribution in [3.8, 4) is 5.75 Å². The van der Waals surface area contributed by atoms with E-state index in [1.54, 1.807) is 5.38 Å². The number of aryl methyl sites for hydroxylation is 1. The Morgan fingerprint density at radius 3 is 2.52 bits per heavy atom. The van der Waals surface area contributed by atoms with E-state index >= 15 is 0 Å². The van der Waals surface area contributed by atoms with Gasteiger partial charge in [-0.25, -0.2) is 8.42 Å². The number of ether oxygens (including phenoxy) is 1. The minimum Gasteiger partial charge on any atom is -0.492 e. The van der Waals surface area contributed by atoms with E-state index in [0.717, 1.165) is 22.6 Å². The van der Waals surface area contributed by atoms with Crippen LogP contribution in [0, 0.1) is 6.92 Å². The number of hydrogen-bond acceptors (Lipinski definition) is 5. The smallest absolute Gasteiger partial charge is 0.252 e. The van der Waals surface area contributed by atoms with Gasteiger partial charge >= 0.3 is 0 Å².